The molecule has 0 radical (unpaired) electrons. The molecule has 0 atom stereocenters. The summed E-state index contributed by atoms with van der Waals surface area (Å²) in [5.74, 6) is -0.00120. The van der Waals surface area contributed by atoms with Crippen molar-refractivity contribution in [3.63, 3.8) is 0 Å². The third-order valence-corrected chi connectivity index (χ3v) is 5.04. The number of halogens is 1. The highest BCUT2D eigenvalue weighted by molar-refractivity contribution is 7.98. The van der Waals surface area contributed by atoms with E-state index in [0.29, 0.717) is 5.16 Å². The molecule has 11 heteroatoms. The van der Waals surface area contributed by atoms with E-state index in [-0.39, 0.29) is 15.9 Å². The van der Waals surface area contributed by atoms with Gasteiger partial charge < -0.3 is 0 Å². The number of aryl methyl sites for hydroxylation is 1. The molecule has 2 aromatic rings. The van der Waals surface area contributed by atoms with Gasteiger partial charge in [0.1, 0.15) is 4.90 Å². The molecule has 2 amide bonds. The molecule has 1 aromatic heterocycles. The number of amides is 2. The number of anilines is 1. The fourth-order valence-electron chi connectivity index (χ4n) is 1.57. The molecule has 1 heterocycles. The number of sulfonamides is 1. The first-order chi connectivity index (χ1) is 10.3. The van der Waals surface area contributed by atoms with Crippen molar-refractivity contribution in [1.29, 1.82) is 0 Å². The Morgan fingerprint density at radius 3 is 2.64 bits per heavy atom. The Bertz CT molecular complexity index is 806. The van der Waals surface area contributed by atoms with Crippen molar-refractivity contribution in [3.8, 4) is 0 Å². The first-order valence-corrected chi connectivity index (χ1v) is 8.95. The number of hydrogen-bond acceptors (Lipinski definition) is 6. The van der Waals surface area contributed by atoms with Gasteiger partial charge in [0.05, 0.1) is 5.02 Å². The Kier molecular flexibility index (Phi) is 4.94. The van der Waals surface area contributed by atoms with Gasteiger partial charge in [-0.1, -0.05) is 35.5 Å². The molecule has 0 aliphatic rings. The highest BCUT2D eigenvalue weighted by atomic mass is 35.5. The first kappa shape index (κ1) is 16.6. The van der Waals surface area contributed by atoms with Gasteiger partial charge in [0.15, 0.2) is 5.16 Å². The molecule has 0 bridgehead atoms. The molecule has 118 valence electrons. The zero-order chi connectivity index (χ0) is 16.3. The van der Waals surface area contributed by atoms with Crippen LogP contribution in [0.25, 0.3) is 0 Å². The highest BCUT2D eigenvalue weighted by Crippen LogP contribution is 2.20. The number of carbonyl (C=O) groups excluding carboxylic acids is 1. The SMILES string of the molecule is CSc1nc(NC(=O)NS(=O)(=O)c2ccccc2Cl)nn1C. The van der Waals surface area contributed by atoms with Crippen LogP contribution in [-0.4, -0.2) is 35.5 Å². The van der Waals surface area contributed by atoms with Gasteiger partial charge in [0.2, 0.25) is 0 Å². The maximum absolute atomic E-state index is 12.1. The molecule has 0 fully saturated rings. The first-order valence-electron chi connectivity index (χ1n) is 5.87. The molecular formula is C11H12ClN5O3S2. The second-order valence-corrected chi connectivity index (χ2v) is 6.87. The fourth-order valence-corrected chi connectivity index (χ4v) is 3.48. The number of aromatic nitrogens is 3. The smallest absolute Gasteiger partial charge is 0.274 e. The molecule has 22 heavy (non-hydrogen) atoms. The summed E-state index contributed by atoms with van der Waals surface area (Å²) in [5.41, 5.74) is 0. The zero-order valence-corrected chi connectivity index (χ0v) is 14.0. The molecule has 0 saturated heterocycles. The van der Waals surface area contributed by atoms with Gasteiger partial charge in [0, 0.05) is 7.05 Å². The predicted molar refractivity (Wildman–Crippen MR) is 83.6 cm³/mol. The third kappa shape index (κ3) is 3.70. The van der Waals surface area contributed by atoms with Gasteiger partial charge in [-0.3, -0.25) is 5.32 Å². The van der Waals surface area contributed by atoms with Crippen LogP contribution in [0.4, 0.5) is 10.7 Å². The van der Waals surface area contributed by atoms with E-state index < -0.39 is 16.1 Å². The van der Waals surface area contributed by atoms with Crippen LogP contribution in [0.1, 0.15) is 0 Å². The number of carbonyl (C=O) groups is 1. The Hall–Kier alpha value is -1.78. The van der Waals surface area contributed by atoms with E-state index >= 15 is 0 Å². The summed E-state index contributed by atoms with van der Waals surface area (Å²) in [6.45, 7) is 0. The summed E-state index contributed by atoms with van der Waals surface area (Å²) >= 11 is 7.15. The van der Waals surface area contributed by atoms with Crippen LogP contribution >= 0.6 is 23.4 Å². The minimum absolute atomic E-state index is 0.00120. The minimum atomic E-state index is -4.08. The summed E-state index contributed by atoms with van der Waals surface area (Å²) in [5, 5.41) is 6.78. The Labute approximate surface area is 136 Å². The lowest BCUT2D eigenvalue weighted by Crippen LogP contribution is -2.34. The largest absolute Gasteiger partial charge is 0.335 e. The van der Waals surface area contributed by atoms with E-state index in [1.807, 2.05) is 4.72 Å². The average Bonchev–Trinajstić information content (AvgIpc) is 2.78. The van der Waals surface area contributed by atoms with Gasteiger partial charge in [-0.15, -0.1) is 5.10 Å². The maximum Gasteiger partial charge on any atom is 0.335 e. The molecule has 2 N–H and O–H groups in total. The summed E-state index contributed by atoms with van der Waals surface area (Å²) < 4.78 is 27.5. The van der Waals surface area contributed by atoms with Gasteiger partial charge in [-0.25, -0.2) is 22.6 Å². The van der Waals surface area contributed by atoms with E-state index in [0.717, 1.165) is 0 Å². The minimum Gasteiger partial charge on any atom is -0.274 e. The quantitative estimate of drug-likeness (QED) is 0.803. The molecular weight excluding hydrogens is 350 g/mol. The van der Waals surface area contributed by atoms with E-state index in [4.69, 9.17) is 11.6 Å². The molecule has 1 aromatic carbocycles. The van der Waals surface area contributed by atoms with Crippen molar-refractivity contribution in [3.05, 3.63) is 29.3 Å². The van der Waals surface area contributed by atoms with Gasteiger partial charge >= 0.3 is 6.03 Å². The lowest BCUT2D eigenvalue weighted by molar-refractivity contribution is 0.256. The number of urea groups is 1. The molecule has 0 saturated carbocycles. The van der Waals surface area contributed by atoms with Crippen molar-refractivity contribution >= 4 is 45.4 Å². The number of nitrogens with one attached hydrogen (secondary N) is 2. The van der Waals surface area contributed by atoms with Crippen LogP contribution in [0.5, 0.6) is 0 Å². The van der Waals surface area contributed by atoms with E-state index in [1.165, 1.54) is 34.6 Å². The average molecular weight is 362 g/mol. The van der Waals surface area contributed by atoms with Crippen LogP contribution in [0.15, 0.2) is 34.3 Å². The molecule has 0 unspecified atom stereocenters. The molecule has 8 nitrogen and oxygen atoms in total. The van der Waals surface area contributed by atoms with E-state index in [2.05, 4.69) is 15.4 Å². The number of hydrogen-bond donors (Lipinski definition) is 2. The molecule has 2 rings (SSSR count). The topological polar surface area (TPSA) is 106 Å². The zero-order valence-electron chi connectivity index (χ0n) is 11.6. The molecule has 0 aliphatic heterocycles. The van der Waals surface area contributed by atoms with Gasteiger partial charge in [0.25, 0.3) is 16.0 Å². The van der Waals surface area contributed by atoms with Crippen molar-refractivity contribution in [2.24, 2.45) is 7.05 Å². The van der Waals surface area contributed by atoms with Crippen LogP contribution < -0.4 is 10.0 Å². The second kappa shape index (κ2) is 6.55. The van der Waals surface area contributed by atoms with Crippen LogP contribution in [0, 0.1) is 0 Å². The van der Waals surface area contributed by atoms with Crippen LogP contribution in [0.3, 0.4) is 0 Å². The van der Waals surface area contributed by atoms with Gasteiger partial charge in [-0.2, -0.15) is 4.98 Å². The van der Waals surface area contributed by atoms with Crippen LogP contribution in [-0.2, 0) is 17.1 Å². The summed E-state index contributed by atoms with van der Waals surface area (Å²) in [4.78, 5) is 15.6. The summed E-state index contributed by atoms with van der Waals surface area (Å²) in [7, 11) is -2.43. The van der Waals surface area contributed by atoms with Crippen molar-refractivity contribution in [1.82, 2.24) is 19.5 Å². The Morgan fingerprint density at radius 2 is 2.05 bits per heavy atom. The third-order valence-electron chi connectivity index (χ3n) is 2.48. The second-order valence-electron chi connectivity index (χ2n) is 4.04. The number of rotatable bonds is 4. The predicted octanol–water partition coefficient (Wildman–Crippen LogP) is 1.70. The van der Waals surface area contributed by atoms with Crippen molar-refractivity contribution in [2.75, 3.05) is 11.6 Å². The summed E-state index contributed by atoms with van der Waals surface area (Å²) in [6.07, 6.45) is 1.80. The number of benzene rings is 1. The fraction of sp³-hybridized carbons (Fsp3) is 0.182. The van der Waals surface area contributed by atoms with Crippen molar-refractivity contribution in [2.45, 2.75) is 10.1 Å². The lowest BCUT2D eigenvalue weighted by atomic mass is 10.4. The Morgan fingerprint density at radius 1 is 1.36 bits per heavy atom. The van der Waals surface area contributed by atoms with E-state index in [1.54, 1.807) is 19.4 Å². The molecule has 0 aliphatic carbocycles. The number of nitrogens with zero attached hydrogens (tertiary/aromatic N) is 3. The normalized spacial score (nSPS) is 11.2. The van der Waals surface area contributed by atoms with Crippen molar-refractivity contribution < 1.29 is 13.2 Å². The molecule has 0 spiro atoms. The Balaban J connectivity index is 2.13. The monoisotopic (exact) mass is 361 g/mol. The lowest BCUT2D eigenvalue weighted by Gasteiger charge is -2.07. The maximum atomic E-state index is 12.1. The summed E-state index contributed by atoms with van der Waals surface area (Å²) in [6, 6.07) is 4.83. The number of thioether (sulfide) groups is 1. The van der Waals surface area contributed by atoms with E-state index in [9.17, 15) is 13.2 Å². The van der Waals surface area contributed by atoms with Crippen LogP contribution in [0.2, 0.25) is 5.02 Å². The van der Waals surface area contributed by atoms with Gasteiger partial charge in [-0.05, 0) is 18.4 Å². The highest BCUT2D eigenvalue weighted by Gasteiger charge is 2.21. The standard InChI is InChI=1S/C11H12ClN5O3S2/c1-17-11(21-2)14-9(15-17)13-10(18)16-22(19,20)8-6-4-3-5-7(8)12/h3-6H,1-2H3,(H2,13,15,16,18).